The van der Waals surface area contributed by atoms with E-state index in [2.05, 4.69) is 24.9 Å². The number of halogens is 1. The van der Waals surface area contributed by atoms with Gasteiger partial charge in [-0.15, -0.1) is 5.10 Å². The topological polar surface area (TPSA) is 101 Å². The molecule has 3 aromatic rings. The third-order valence-corrected chi connectivity index (χ3v) is 6.07. The standard InChI is InChI=1S/C21H21FN6O2S/c1-12-16(20(29)25-15-8-6-14(22)7-9-15)11-23-19(24-12)17-5-3-4-10-28(17)21(30)18-13(2)26-27-31-18/h6-9,11,17H,3-5,10H2,1-2H3,(H,25,29). The van der Waals surface area contributed by atoms with E-state index in [0.29, 0.717) is 39.9 Å². The molecule has 2 amide bonds. The first-order valence-electron chi connectivity index (χ1n) is 9.94. The van der Waals surface area contributed by atoms with Crippen LogP contribution < -0.4 is 5.32 Å². The lowest BCUT2D eigenvalue weighted by atomic mass is 10.0. The number of likely N-dealkylation sites (tertiary alicyclic amines) is 1. The molecule has 0 bridgehead atoms. The second kappa shape index (κ2) is 8.84. The zero-order valence-electron chi connectivity index (χ0n) is 17.1. The lowest BCUT2D eigenvalue weighted by molar-refractivity contribution is 0.0603. The Morgan fingerprint density at radius 1 is 1.16 bits per heavy atom. The van der Waals surface area contributed by atoms with Crippen LogP contribution in [0.3, 0.4) is 0 Å². The zero-order chi connectivity index (χ0) is 22.0. The number of benzene rings is 1. The van der Waals surface area contributed by atoms with E-state index in [4.69, 9.17) is 0 Å². The van der Waals surface area contributed by atoms with Crippen LogP contribution in [0, 0.1) is 19.7 Å². The van der Waals surface area contributed by atoms with E-state index in [0.717, 1.165) is 30.8 Å². The van der Waals surface area contributed by atoms with Gasteiger partial charge >= 0.3 is 0 Å². The van der Waals surface area contributed by atoms with Crippen molar-refractivity contribution in [1.82, 2.24) is 24.5 Å². The van der Waals surface area contributed by atoms with Crippen molar-refractivity contribution in [1.29, 1.82) is 0 Å². The molecule has 0 spiro atoms. The smallest absolute Gasteiger partial charge is 0.268 e. The fraction of sp³-hybridized carbons (Fsp3) is 0.333. The number of carbonyl (C=O) groups is 2. The van der Waals surface area contributed by atoms with Crippen molar-refractivity contribution in [2.45, 2.75) is 39.2 Å². The zero-order valence-corrected chi connectivity index (χ0v) is 17.9. The maximum Gasteiger partial charge on any atom is 0.268 e. The van der Waals surface area contributed by atoms with Crippen molar-refractivity contribution in [3.05, 3.63) is 63.9 Å². The molecule has 1 unspecified atom stereocenters. The van der Waals surface area contributed by atoms with Crippen molar-refractivity contribution in [3.8, 4) is 0 Å². The lowest BCUT2D eigenvalue weighted by Gasteiger charge is -2.34. The summed E-state index contributed by atoms with van der Waals surface area (Å²) in [6, 6.07) is 5.25. The van der Waals surface area contributed by atoms with Crippen LogP contribution in [0.25, 0.3) is 0 Å². The monoisotopic (exact) mass is 440 g/mol. The predicted molar refractivity (Wildman–Crippen MR) is 113 cm³/mol. The Labute approximate surface area is 182 Å². The number of hydrogen-bond donors (Lipinski definition) is 1. The summed E-state index contributed by atoms with van der Waals surface area (Å²) >= 11 is 1.09. The molecular weight excluding hydrogens is 419 g/mol. The molecule has 1 fully saturated rings. The summed E-state index contributed by atoms with van der Waals surface area (Å²) in [6.07, 6.45) is 4.10. The fourth-order valence-corrected chi connectivity index (χ4v) is 4.21. The van der Waals surface area contributed by atoms with Gasteiger partial charge in [0.15, 0.2) is 5.82 Å². The Hall–Kier alpha value is -3.27. The number of amides is 2. The molecular formula is C21H21FN6O2S. The Morgan fingerprint density at radius 2 is 1.94 bits per heavy atom. The van der Waals surface area contributed by atoms with Crippen molar-refractivity contribution in [3.63, 3.8) is 0 Å². The predicted octanol–water partition coefficient (Wildman–Crippen LogP) is 3.70. The van der Waals surface area contributed by atoms with Gasteiger partial charge in [-0.3, -0.25) is 9.59 Å². The van der Waals surface area contributed by atoms with Crippen molar-refractivity contribution in [2.75, 3.05) is 11.9 Å². The maximum atomic E-state index is 13.1. The van der Waals surface area contributed by atoms with Gasteiger partial charge in [-0.05, 0) is 68.9 Å². The highest BCUT2D eigenvalue weighted by molar-refractivity contribution is 7.07. The highest BCUT2D eigenvalue weighted by Crippen LogP contribution is 2.31. The van der Waals surface area contributed by atoms with Crippen molar-refractivity contribution < 1.29 is 14.0 Å². The summed E-state index contributed by atoms with van der Waals surface area (Å²) in [5.74, 6) is -0.355. The third kappa shape index (κ3) is 4.43. The first-order chi connectivity index (χ1) is 14.9. The van der Waals surface area contributed by atoms with E-state index < -0.39 is 0 Å². The molecule has 3 heterocycles. The van der Waals surface area contributed by atoms with Gasteiger partial charge in [0.25, 0.3) is 11.8 Å². The molecule has 160 valence electrons. The minimum atomic E-state index is -0.377. The molecule has 1 aliphatic heterocycles. The molecule has 1 aromatic carbocycles. The average Bonchev–Trinajstić information content (AvgIpc) is 3.20. The molecule has 1 saturated heterocycles. The number of piperidine rings is 1. The molecule has 8 nitrogen and oxygen atoms in total. The van der Waals surface area contributed by atoms with Crippen LogP contribution in [-0.4, -0.2) is 42.8 Å². The van der Waals surface area contributed by atoms with Crippen LogP contribution in [-0.2, 0) is 0 Å². The summed E-state index contributed by atoms with van der Waals surface area (Å²) in [7, 11) is 0. The van der Waals surface area contributed by atoms with Crippen LogP contribution in [0.2, 0.25) is 0 Å². The molecule has 31 heavy (non-hydrogen) atoms. The summed E-state index contributed by atoms with van der Waals surface area (Å²) in [6.45, 7) is 4.11. The van der Waals surface area contributed by atoms with Crippen LogP contribution >= 0.6 is 11.5 Å². The number of nitrogens with one attached hydrogen (secondary N) is 1. The number of rotatable bonds is 4. The second-order valence-corrected chi connectivity index (χ2v) is 8.14. The van der Waals surface area contributed by atoms with Crippen molar-refractivity contribution >= 4 is 29.0 Å². The Morgan fingerprint density at radius 3 is 2.61 bits per heavy atom. The maximum absolute atomic E-state index is 13.1. The number of hydrogen-bond acceptors (Lipinski definition) is 7. The molecule has 0 radical (unpaired) electrons. The highest BCUT2D eigenvalue weighted by Gasteiger charge is 2.32. The second-order valence-electron chi connectivity index (χ2n) is 7.39. The number of aromatic nitrogens is 4. The molecule has 1 atom stereocenters. The molecule has 10 heteroatoms. The number of anilines is 1. The molecule has 0 saturated carbocycles. The van der Waals surface area contributed by atoms with E-state index in [9.17, 15) is 14.0 Å². The SMILES string of the molecule is Cc1nc(C2CCCCN2C(=O)c2snnc2C)ncc1C(=O)Nc1ccc(F)cc1. The molecule has 1 aliphatic rings. The van der Waals surface area contributed by atoms with Gasteiger partial charge in [0.1, 0.15) is 10.7 Å². The molecule has 2 aromatic heterocycles. The first kappa shape index (κ1) is 21.0. The van der Waals surface area contributed by atoms with E-state index in [-0.39, 0.29) is 23.7 Å². The summed E-state index contributed by atoms with van der Waals surface area (Å²) in [5, 5.41) is 6.65. The van der Waals surface area contributed by atoms with Crippen LogP contribution in [0.15, 0.2) is 30.5 Å². The summed E-state index contributed by atoms with van der Waals surface area (Å²) < 4.78 is 16.9. The minimum Gasteiger partial charge on any atom is -0.328 e. The average molecular weight is 441 g/mol. The van der Waals surface area contributed by atoms with E-state index in [1.165, 1.54) is 30.5 Å². The van der Waals surface area contributed by atoms with Gasteiger partial charge < -0.3 is 10.2 Å². The summed E-state index contributed by atoms with van der Waals surface area (Å²) in [4.78, 5) is 37.0. The number of aryl methyl sites for hydroxylation is 2. The van der Waals surface area contributed by atoms with Gasteiger partial charge in [0.2, 0.25) is 0 Å². The summed E-state index contributed by atoms with van der Waals surface area (Å²) in [5.41, 5.74) is 1.93. The van der Waals surface area contributed by atoms with Crippen LogP contribution in [0.1, 0.15) is 62.5 Å². The van der Waals surface area contributed by atoms with Gasteiger partial charge in [-0.2, -0.15) is 0 Å². The van der Waals surface area contributed by atoms with Crippen LogP contribution in [0.4, 0.5) is 10.1 Å². The van der Waals surface area contributed by atoms with Crippen LogP contribution in [0.5, 0.6) is 0 Å². The Bertz CT molecular complexity index is 1120. The Balaban J connectivity index is 1.55. The molecule has 0 aliphatic carbocycles. The fourth-order valence-electron chi connectivity index (χ4n) is 3.60. The lowest BCUT2D eigenvalue weighted by Crippen LogP contribution is -2.39. The first-order valence-corrected chi connectivity index (χ1v) is 10.7. The largest absolute Gasteiger partial charge is 0.328 e. The van der Waals surface area contributed by atoms with Gasteiger partial charge in [-0.1, -0.05) is 4.49 Å². The molecule has 4 rings (SSSR count). The quantitative estimate of drug-likeness (QED) is 0.664. The van der Waals surface area contributed by atoms with Crippen molar-refractivity contribution in [2.24, 2.45) is 0 Å². The van der Waals surface area contributed by atoms with Gasteiger partial charge in [0, 0.05) is 18.4 Å². The number of carbonyl (C=O) groups excluding carboxylic acids is 2. The van der Waals surface area contributed by atoms with Gasteiger partial charge in [0.05, 0.1) is 23.0 Å². The number of nitrogens with zero attached hydrogens (tertiary/aromatic N) is 5. The van der Waals surface area contributed by atoms with E-state index >= 15 is 0 Å². The van der Waals surface area contributed by atoms with Gasteiger partial charge in [-0.25, -0.2) is 14.4 Å². The third-order valence-electron chi connectivity index (χ3n) is 5.25. The highest BCUT2D eigenvalue weighted by atomic mass is 32.1. The normalized spacial score (nSPS) is 16.2. The molecule has 1 N–H and O–H groups in total. The minimum absolute atomic E-state index is 0.114. The Kier molecular flexibility index (Phi) is 5.99. The van der Waals surface area contributed by atoms with E-state index in [1.54, 1.807) is 18.7 Å². The van der Waals surface area contributed by atoms with E-state index in [1.807, 2.05) is 0 Å².